The predicted octanol–water partition coefficient (Wildman–Crippen LogP) is 3.47. The minimum atomic E-state index is -2.40. The molecule has 2 aliphatic heterocycles. The van der Waals surface area contributed by atoms with Crippen molar-refractivity contribution in [3.05, 3.63) is 67.0 Å². The lowest BCUT2D eigenvalue weighted by atomic mass is 10.1. The molecule has 5 aromatic rings. The topological polar surface area (TPSA) is 152 Å². The van der Waals surface area contributed by atoms with Gasteiger partial charge in [-0.15, -0.1) is 0 Å². The van der Waals surface area contributed by atoms with Crippen molar-refractivity contribution in [2.75, 3.05) is 49.7 Å². The summed E-state index contributed by atoms with van der Waals surface area (Å²) in [6.07, 6.45) is 12.7. The van der Waals surface area contributed by atoms with E-state index in [9.17, 15) is 9.47 Å². The second-order valence-corrected chi connectivity index (χ2v) is 13.4. The van der Waals surface area contributed by atoms with E-state index in [1.165, 1.54) is 0 Å². The van der Waals surface area contributed by atoms with E-state index < -0.39 is 9.73 Å². The number of rotatable bonds is 6. The van der Waals surface area contributed by atoms with Gasteiger partial charge in [0.25, 0.3) is 0 Å². The zero-order valence-corrected chi connectivity index (χ0v) is 25.0. The first-order valence-electron chi connectivity index (χ1n) is 14.5. The van der Waals surface area contributed by atoms with E-state index in [0.717, 1.165) is 42.9 Å². The van der Waals surface area contributed by atoms with Gasteiger partial charge in [-0.2, -0.15) is 19.8 Å². The Kier molecular flexibility index (Phi) is 7.41. The van der Waals surface area contributed by atoms with Crippen LogP contribution in [0.3, 0.4) is 0 Å². The maximum Gasteiger partial charge on any atom is 0.213 e. The number of nitriles is 1. The molecule has 7 rings (SSSR count). The molecule has 0 aromatic carbocycles. The van der Waals surface area contributed by atoms with Crippen LogP contribution in [0.5, 0.6) is 5.88 Å². The third kappa shape index (κ3) is 5.47. The molecule has 0 saturated carbocycles. The summed E-state index contributed by atoms with van der Waals surface area (Å²) < 4.78 is 26.8. The van der Waals surface area contributed by atoms with Crippen molar-refractivity contribution in [3.63, 3.8) is 0 Å². The third-order valence-electron chi connectivity index (χ3n) is 8.10. The second kappa shape index (κ2) is 11.7. The van der Waals surface area contributed by atoms with Crippen LogP contribution in [-0.4, -0.2) is 83.3 Å². The number of nitrogens with zero attached hydrogens (tertiary/aromatic N) is 10. The molecule has 2 aliphatic rings. The Balaban J connectivity index is 1.14. The van der Waals surface area contributed by atoms with E-state index in [2.05, 4.69) is 35.8 Å². The van der Waals surface area contributed by atoms with Crippen LogP contribution in [-0.2, 0) is 9.73 Å². The minimum absolute atomic E-state index is 0.358. The molecule has 44 heavy (non-hydrogen) atoms. The average molecular weight is 610 g/mol. The van der Waals surface area contributed by atoms with Gasteiger partial charge in [0.1, 0.15) is 23.0 Å². The Morgan fingerprint density at radius 2 is 1.84 bits per heavy atom. The first kappa shape index (κ1) is 27.9. The summed E-state index contributed by atoms with van der Waals surface area (Å²) >= 11 is 0. The van der Waals surface area contributed by atoms with Gasteiger partial charge in [0.15, 0.2) is 0 Å². The summed E-state index contributed by atoms with van der Waals surface area (Å²) in [5, 5.41) is 22.3. The van der Waals surface area contributed by atoms with Crippen molar-refractivity contribution < 1.29 is 8.95 Å². The van der Waals surface area contributed by atoms with E-state index in [4.69, 9.17) is 14.7 Å². The van der Waals surface area contributed by atoms with Crippen molar-refractivity contribution in [2.45, 2.75) is 18.9 Å². The number of anilines is 1. The van der Waals surface area contributed by atoms with E-state index in [1.807, 2.05) is 35.4 Å². The Labute approximate surface area is 254 Å². The molecule has 2 fully saturated rings. The molecule has 0 bridgehead atoms. The largest absolute Gasteiger partial charge is 0.481 e. The van der Waals surface area contributed by atoms with Gasteiger partial charge in [-0.3, -0.25) is 4.68 Å². The number of ether oxygens (including phenoxy) is 1. The molecule has 7 heterocycles. The average Bonchev–Trinajstić information content (AvgIpc) is 3.73. The highest BCUT2D eigenvalue weighted by Gasteiger charge is 2.23. The van der Waals surface area contributed by atoms with Crippen molar-refractivity contribution in [1.82, 2.24) is 39.7 Å². The van der Waals surface area contributed by atoms with Crippen molar-refractivity contribution >= 4 is 26.8 Å². The first-order chi connectivity index (χ1) is 21.5. The van der Waals surface area contributed by atoms with E-state index in [-0.39, 0.29) is 0 Å². The van der Waals surface area contributed by atoms with Crippen LogP contribution in [0.4, 0.5) is 11.5 Å². The van der Waals surface area contributed by atoms with Crippen molar-refractivity contribution in [3.8, 4) is 34.5 Å². The Bertz CT molecular complexity index is 1950. The molecule has 0 spiro atoms. The maximum absolute atomic E-state index is 13.4. The smallest absolute Gasteiger partial charge is 0.213 e. The van der Waals surface area contributed by atoms with Gasteiger partial charge in [0.05, 0.1) is 64.7 Å². The second-order valence-electron chi connectivity index (χ2n) is 10.9. The fourth-order valence-corrected chi connectivity index (χ4v) is 7.56. The fraction of sp³-hybridized carbons (Fsp3) is 0.333. The Morgan fingerprint density at radius 1 is 1.00 bits per heavy atom. The van der Waals surface area contributed by atoms with Gasteiger partial charge in [-0.05, 0) is 44.1 Å². The van der Waals surface area contributed by atoms with Crippen LogP contribution in [0.2, 0.25) is 0 Å². The third-order valence-corrected chi connectivity index (χ3v) is 10.3. The Morgan fingerprint density at radius 3 is 2.55 bits per heavy atom. The van der Waals surface area contributed by atoms with Crippen LogP contribution in [0, 0.1) is 11.3 Å². The van der Waals surface area contributed by atoms with E-state index in [0.29, 0.717) is 64.7 Å². The molecule has 0 unspecified atom stereocenters. The number of methoxy groups -OCH3 is 1. The number of nitrogens with one attached hydrogen (secondary N) is 1. The number of aromatic nitrogens is 7. The van der Waals surface area contributed by atoms with E-state index >= 15 is 0 Å². The number of pyridine rings is 2. The van der Waals surface area contributed by atoms with Crippen LogP contribution >= 0.6 is 0 Å². The zero-order valence-electron chi connectivity index (χ0n) is 24.2. The summed E-state index contributed by atoms with van der Waals surface area (Å²) in [6, 6.07) is 9.98. The molecule has 224 valence electrons. The van der Waals surface area contributed by atoms with Gasteiger partial charge in [-0.25, -0.2) is 23.7 Å². The highest BCUT2D eigenvalue weighted by molar-refractivity contribution is 7.93. The van der Waals surface area contributed by atoms with Crippen molar-refractivity contribution in [1.29, 1.82) is 5.26 Å². The first-order valence-corrected chi connectivity index (χ1v) is 16.3. The molecular weight excluding hydrogens is 578 g/mol. The monoisotopic (exact) mass is 609 g/mol. The minimum Gasteiger partial charge on any atom is -0.481 e. The number of hydrogen-bond donors (Lipinski definition) is 1. The molecular formula is C30H31N11O2S. The molecule has 0 amide bonds. The van der Waals surface area contributed by atoms with Crippen molar-refractivity contribution in [2.24, 2.45) is 4.36 Å². The predicted molar refractivity (Wildman–Crippen MR) is 166 cm³/mol. The SMILES string of the molecule is COc1ccc(N=S2(=O)CCN(c3ccc(-c4nc(-c5cnn(C6CCNCC6)c5)cn5ncc(C#N)c45)cn3)CC2)cn1. The summed E-state index contributed by atoms with van der Waals surface area (Å²) in [6.45, 7) is 3.10. The molecule has 0 aliphatic carbocycles. The molecule has 13 nitrogen and oxygen atoms in total. The van der Waals surface area contributed by atoms with E-state index in [1.54, 1.807) is 42.3 Å². The number of fused-ring (bicyclic) bond motifs is 1. The Hall–Kier alpha value is -4.87. The number of hydrogen-bond acceptors (Lipinski definition) is 11. The number of piperidine rings is 1. The van der Waals surface area contributed by atoms with Crippen LogP contribution < -0.4 is 15.0 Å². The summed E-state index contributed by atoms with van der Waals surface area (Å²) in [4.78, 5) is 16.0. The van der Waals surface area contributed by atoms with Gasteiger partial charge in [-0.1, -0.05) is 0 Å². The highest BCUT2D eigenvalue weighted by atomic mass is 32.2. The molecule has 0 atom stereocenters. The lowest BCUT2D eigenvalue weighted by Crippen LogP contribution is -2.40. The van der Waals surface area contributed by atoms with Gasteiger partial charge < -0.3 is 15.0 Å². The highest BCUT2D eigenvalue weighted by Crippen LogP contribution is 2.30. The van der Waals surface area contributed by atoms with Crippen LogP contribution in [0.15, 0.2) is 65.8 Å². The normalized spacial score (nSPS) is 17.0. The maximum atomic E-state index is 13.4. The summed E-state index contributed by atoms with van der Waals surface area (Å²) in [5.74, 6) is 2.13. The van der Waals surface area contributed by atoms with Crippen LogP contribution in [0.1, 0.15) is 24.4 Å². The van der Waals surface area contributed by atoms with Gasteiger partial charge in [0, 0.05) is 54.2 Å². The quantitative estimate of drug-likeness (QED) is 0.303. The standard InChI is InChI=1S/C30H31N11O2S/c1-43-28-5-3-24(18-34-28)38-44(42)12-10-39(11-13-44)27-4-2-21(15-33-27)29-30-22(14-31)16-36-41(30)20-26(37-29)23-17-35-40(19-23)25-6-8-32-9-7-25/h2-5,15-20,25,32H,6-13H2,1H3. The summed E-state index contributed by atoms with van der Waals surface area (Å²) in [5.41, 5.74) is 4.65. The molecule has 14 heteroatoms. The lowest BCUT2D eigenvalue weighted by Gasteiger charge is -2.29. The lowest BCUT2D eigenvalue weighted by molar-refractivity contribution is 0.343. The van der Waals surface area contributed by atoms with Gasteiger partial charge >= 0.3 is 0 Å². The molecule has 1 N–H and O–H groups in total. The molecule has 0 radical (unpaired) electrons. The van der Waals surface area contributed by atoms with Gasteiger partial charge in [0.2, 0.25) is 5.88 Å². The summed E-state index contributed by atoms with van der Waals surface area (Å²) in [7, 11) is -0.849. The van der Waals surface area contributed by atoms with Crippen LogP contribution in [0.25, 0.3) is 28.0 Å². The zero-order chi connectivity index (χ0) is 30.1. The fourth-order valence-electron chi connectivity index (χ4n) is 5.67. The molecule has 5 aromatic heterocycles. The molecule has 2 saturated heterocycles.